The van der Waals surface area contributed by atoms with E-state index in [0.717, 1.165) is 51.7 Å². The van der Waals surface area contributed by atoms with E-state index in [1.807, 2.05) is 0 Å². The second-order valence-corrected chi connectivity index (χ2v) is 6.39. The maximum atomic E-state index is 10.0. The van der Waals surface area contributed by atoms with Crippen LogP contribution in [0.25, 0.3) is 0 Å². The van der Waals surface area contributed by atoms with E-state index in [1.165, 1.54) is 38.5 Å². The maximum Gasteiger partial charge on any atom is 0.293 e. The normalized spacial score (nSPS) is 10.8. The Morgan fingerprint density at radius 1 is 0.600 bits per heavy atom. The number of aliphatic hydroxyl groups excluding tert-OH is 1. The minimum absolute atomic E-state index is 0.254. The van der Waals surface area contributed by atoms with Crippen LogP contribution < -0.4 is 0 Å². The first kappa shape index (κ1) is 23.9. The molecular weight excluding hydrogens is 322 g/mol. The van der Waals surface area contributed by atoms with E-state index in [1.54, 1.807) is 0 Å². The third kappa shape index (κ3) is 19.0. The number of nitrogens with zero attached hydrogens (tertiary/aromatic N) is 1. The minimum Gasteiger partial charge on any atom is -0.468 e. The molecule has 6 heteroatoms. The van der Waals surface area contributed by atoms with Gasteiger partial charge in [-0.15, -0.1) is 0 Å². The summed E-state index contributed by atoms with van der Waals surface area (Å²) < 4.78 is 9.36. The molecule has 0 atom stereocenters. The topological polar surface area (TPSA) is 76.1 Å². The zero-order valence-electron chi connectivity index (χ0n) is 15.7. The van der Waals surface area contributed by atoms with Crippen LogP contribution in [0.15, 0.2) is 0 Å². The Bertz CT molecular complexity index is 265. The highest BCUT2D eigenvalue weighted by atomic mass is 16.5. The van der Waals surface area contributed by atoms with Crippen LogP contribution in [0.5, 0.6) is 0 Å². The van der Waals surface area contributed by atoms with E-state index in [-0.39, 0.29) is 6.61 Å². The van der Waals surface area contributed by atoms with Gasteiger partial charge in [0.2, 0.25) is 0 Å². The SMILES string of the molecule is O=COCCCCCCCN(CCCO)CCCCCCCOC=O. The fourth-order valence-electron chi connectivity index (χ4n) is 2.83. The quantitative estimate of drug-likeness (QED) is 0.251. The first-order valence-corrected chi connectivity index (χ1v) is 9.79. The van der Waals surface area contributed by atoms with Gasteiger partial charge in [0.1, 0.15) is 0 Å². The Morgan fingerprint density at radius 2 is 1.00 bits per heavy atom. The molecule has 0 rings (SSSR count). The van der Waals surface area contributed by atoms with Crippen LogP contribution in [0.1, 0.15) is 70.6 Å². The van der Waals surface area contributed by atoms with Crippen LogP contribution in [-0.4, -0.2) is 62.4 Å². The van der Waals surface area contributed by atoms with Crippen LogP contribution in [-0.2, 0) is 19.1 Å². The average molecular weight is 360 g/mol. The van der Waals surface area contributed by atoms with Gasteiger partial charge in [-0.05, 0) is 45.2 Å². The molecule has 25 heavy (non-hydrogen) atoms. The fourth-order valence-corrected chi connectivity index (χ4v) is 2.83. The fraction of sp³-hybridized carbons (Fsp3) is 0.895. The summed E-state index contributed by atoms with van der Waals surface area (Å²) in [7, 11) is 0. The Labute approximate surface area is 152 Å². The predicted octanol–water partition coefficient (Wildman–Crippen LogP) is 2.92. The number of ether oxygens (including phenoxy) is 2. The van der Waals surface area contributed by atoms with E-state index in [0.29, 0.717) is 26.2 Å². The van der Waals surface area contributed by atoms with Crippen molar-refractivity contribution in [3.63, 3.8) is 0 Å². The van der Waals surface area contributed by atoms with Crippen molar-refractivity contribution in [3.05, 3.63) is 0 Å². The predicted molar refractivity (Wildman–Crippen MR) is 98.3 cm³/mol. The molecule has 0 saturated heterocycles. The molecule has 1 N–H and O–H groups in total. The van der Waals surface area contributed by atoms with Crippen molar-refractivity contribution in [1.82, 2.24) is 4.90 Å². The lowest BCUT2D eigenvalue weighted by atomic mass is 10.1. The molecule has 0 fully saturated rings. The second-order valence-electron chi connectivity index (χ2n) is 6.39. The molecule has 0 aliphatic heterocycles. The Balaban J connectivity index is 3.57. The minimum atomic E-state index is 0.254. The van der Waals surface area contributed by atoms with Crippen molar-refractivity contribution < 1.29 is 24.2 Å². The highest BCUT2D eigenvalue weighted by Gasteiger charge is 2.04. The molecule has 0 aliphatic carbocycles. The Kier molecular flexibility index (Phi) is 20.0. The summed E-state index contributed by atoms with van der Waals surface area (Å²) in [6, 6.07) is 0. The van der Waals surface area contributed by atoms with Gasteiger partial charge in [0.05, 0.1) is 13.2 Å². The summed E-state index contributed by atoms with van der Waals surface area (Å²) >= 11 is 0. The van der Waals surface area contributed by atoms with E-state index in [2.05, 4.69) is 14.4 Å². The van der Waals surface area contributed by atoms with Crippen molar-refractivity contribution in [2.24, 2.45) is 0 Å². The summed E-state index contributed by atoms with van der Waals surface area (Å²) in [5, 5.41) is 9.04. The van der Waals surface area contributed by atoms with Crippen molar-refractivity contribution >= 4 is 12.9 Å². The second kappa shape index (κ2) is 20.9. The van der Waals surface area contributed by atoms with Crippen LogP contribution in [0.4, 0.5) is 0 Å². The molecule has 6 nitrogen and oxygen atoms in total. The monoisotopic (exact) mass is 359 g/mol. The highest BCUT2D eigenvalue weighted by Crippen LogP contribution is 2.08. The number of unbranched alkanes of at least 4 members (excludes halogenated alkanes) is 8. The van der Waals surface area contributed by atoms with E-state index < -0.39 is 0 Å². The molecule has 0 saturated carbocycles. The molecule has 0 aromatic heterocycles. The number of rotatable bonds is 21. The van der Waals surface area contributed by atoms with Gasteiger partial charge in [-0.3, -0.25) is 9.59 Å². The molecule has 0 aliphatic rings. The van der Waals surface area contributed by atoms with Gasteiger partial charge in [-0.25, -0.2) is 0 Å². The summed E-state index contributed by atoms with van der Waals surface area (Å²) in [6.45, 7) is 5.51. The summed E-state index contributed by atoms with van der Waals surface area (Å²) in [4.78, 5) is 22.5. The summed E-state index contributed by atoms with van der Waals surface area (Å²) in [5.74, 6) is 0. The van der Waals surface area contributed by atoms with Gasteiger partial charge < -0.3 is 19.5 Å². The van der Waals surface area contributed by atoms with Gasteiger partial charge in [0.15, 0.2) is 0 Å². The molecule has 0 spiro atoms. The van der Waals surface area contributed by atoms with Gasteiger partial charge in [-0.2, -0.15) is 0 Å². The van der Waals surface area contributed by atoms with E-state index in [4.69, 9.17) is 5.11 Å². The summed E-state index contributed by atoms with van der Waals surface area (Å²) in [6.07, 6.45) is 12.1. The molecule has 0 radical (unpaired) electrons. The zero-order chi connectivity index (χ0) is 18.4. The van der Waals surface area contributed by atoms with E-state index in [9.17, 15) is 9.59 Å². The van der Waals surface area contributed by atoms with Crippen LogP contribution in [0, 0.1) is 0 Å². The lowest BCUT2D eigenvalue weighted by Gasteiger charge is -2.22. The third-order valence-electron chi connectivity index (χ3n) is 4.24. The first-order valence-electron chi connectivity index (χ1n) is 9.79. The lowest BCUT2D eigenvalue weighted by molar-refractivity contribution is -0.129. The van der Waals surface area contributed by atoms with Crippen LogP contribution in [0.2, 0.25) is 0 Å². The Morgan fingerprint density at radius 3 is 1.44 bits per heavy atom. The molecular formula is C19H37NO5. The summed E-state index contributed by atoms with van der Waals surface area (Å²) in [5.41, 5.74) is 0. The average Bonchev–Trinajstić information content (AvgIpc) is 2.63. The largest absolute Gasteiger partial charge is 0.468 e. The maximum absolute atomic E-state index is 10.0. The van der Waals surface area contributed by atoms with Gasteiger partial charge in [0, 0.05) is 13.2 Å². The molecule has 148 valence electrons. The van der Waals surface area contributed by atoms with Crippen molar-refractivity contribution in [3.8, 4) is 0 Å². The van der Waals surface area contributed by atoms with Crippen LogP contribution >= 0.6 is 0 Å². The third-order valence-corrected chi connectivity index (χ3v) is 4.24. The molecule has 0 aromatic rings. The first-order chi connectivity index (χ1) is 12.3. The zero-order valence-corrected chi connectivity index (χ0v) is 15.7. The molecule has 0 amide bonds. The number of hydrogen-bond donors (Lipinski definition) is 1. The van der Waals surface area contributed by atoms with Crippen LogP contribution in [0.3, 0.4) is 0 Å². The molecule has 0 bridgehead atoms. The van der Waals surface area contributed by atoms with Crippen molar-refractivity contribution in [2.75, 3.05) is 39.5 Å². The van der Waals surface area contributed by atoms with Gasteiger partial charge >= 0.3 is 0 Å². The van der Waals surface area contributed by atoms with E-state index >= 15 is 0 Å². The number of carbonyl (C=O) groups excluding carboxylic acids is 2. The smallest absolute Gasteiger partial charge is 0.293 e. The Hall–Kier alpha value is -1.14. The molecule has 0 aromatic carbocycles. The van der Waals surface area contributed by atoms with Gasteiger partial charge in [-0.1, -0.05) is 38.5 Å². The lowest BCUT2D eigenvalue weighted by Crippen LogP contribution is -2.27. The molecule has 0 heterocycles. The highest BCUT2D eigenvalue weighted by molar-refractivity contribution is 5.36. The standard InChI is InChI=1S/C19H37NO5/c21-15-11-14-20(12-7-3-1-5-9-16-24-18-22)13-8-4-2-6-10-17-25-19-23/h18-19,21H,1-17H2. The number of hydrogen-bond acceptors (Lipinski definition) is 6. The number of carbonyl (C=O) groups is 2. The number of aliphatic hydroxyl groups is 1. The van der Waals surface area contributed by atoms with Crippen molar-refractivity contribution in [1.29, 1.82) is 0 Å². The van der Waals surface area contributed by atoms with Crippen molar-refractivity contribution in [2.45, 2.75) is 70.6 Å². The molecule has 0 unspecified atom stereocenters. The van der Waals surface area contributed by atoms with Gasteiger partial charge in [0.25, 0.3) is 12.9 Å².